The van der Waals surface area contributed by atoms with Crippen LogP contribution in [0, 0.1) is 11.3 Å². The molecule has 1 atom stereocenters. The number of hydrogen-bond acceptors (Lipinski definition) is 3. The molecule has 1 N–H and O–H groups in total. The predicted molar refractivity (Wildman–Crippen MR) is 60.2 cm³/mol. The molecule has 0 aromatic heterocycles. The van der Waals surface area contributed by atoms with Crippen LogP contribution >= 0.6 is 0 Å². The van der Waals surface area contributed by atoms with E-state index < -0.39 is 0 Å². The summed E-state index contributed by atoms with van der Waals surface area (Å²) in [6, 6.07) is 2.20. The topological polar surface area (TPSA) is 56.1 Å². The standard InChI is InChI=1S/C11H21N3O/c1-5-10(7-12)14(6-2)8-11(15)13-9(3)4/h9-10H,5-6,8H2,1-4H3,(H,13,15). The van der Waals surface area contributed by atoms with Gasteiger partial charge in [-0.15, -0.1) is 0 Å². The van der Waals surface area contributed by atoms with E-state index >= 15 is 0 Å². The van der Waals surface area contributed by atoms with Crippen molar-refractivity contribution in [3.8, 4) is 6.07 Å². The van der Waals surface area contributed by atoms with E-state index in [4.69, 9.17) is 5.26 Å². The lowest BCUT2D eigenvalue weighted by molar-refractivity contribution is -0.123. The monoisotopic (exact) mass is 211 g/mol. The Morgan fingerprint density at radius 3 is 2.40 bits per heavy atom. The van der Waals surface area contributed by atoms with E-state index in [-0.39, 0.29) is 18.0 Å². The van der Waals surface area contributed by atoms with Crippen molar-refractivity contribution < 1.29 is 4.79 Å². The van der Waals surface area contributed by atoms with Gasteiger partial charge in [-0.05, 0) is 26.8 Å². The highest BCUT2D eigenvalue weighted by atomic mass is 16.2. The maximum atomic E-state index is 11.5. The first-order valence-corrected chi connectivity index (χ1v) is 5.48. The largest absolute Gasteiger partial charge is 0.353 e. The van der Waals surface area contributed by atoms with E-state index in [0.29, 0.717) is 6.54 Å². The van der Waals surface area contributed by atoms with Crippen molar-refractivity contribution in [3.05, 3.63) is 0 Å². The van der Waals surface area contributed by atoms with Gasteiger partial charge in [-0.25, -0.2) is 0 Å². The summed E-state index contributed by atoms with van der Waals surface area (Å²) in [5, 5.41) is 11.7. The van der Waals surface area contributed by atoms with Crippen LogP contribution in [0.3, 0.4) is 0 Å². The molecule has 0 fully saturated rings. The third-order valence-corrected chi connectivity index (χ3v) is 2.18. The number of nitrogens with one attached hydrogen (secondary N) is 1. The van der Waals surface area contributed by atoms with Crippen molar-refractivity contribution in [2.75, 3.05) is 13.1 Å². The summed E-state index contributed by atoms with van der Waals surface area (Å²) in [6.45, 7) is 8.80. The van der Waals surface area contributed by atoms with Crippen LogP contribution in [0.5, 0.6) is 0 Å². The molecule has 0 aliphatic rings. The normalized spacial score (nSPS) is 12.6. The number of carbonyl (C=O) groups is 1. The van der Waals surface area contributed by atoms with Gasteiger partial charge in [-0.2, -0.15) is 5.26 Å². The van der Waals surface area contributed by atoms with Crippen LogP contribution in [0.1, 0.15) is 34.1 Å². The third-order valence-electron chi connectivity index (χ3n) is 2.18. The van der Waals surface area contributed by atoms with Crippen LogP contribution in [-0.4, -0.2) is 36.0 Å². The van der Waals surface area contributed by atoms with Gasteiger partial charge in [-0.1, -0.05) is 13.8 Å². The summed E-state index contributed by atoms with van der Waals surface area (Å²) in [5.41, 5.74) is 0. The van der Waals surface area contributed by atoms with Crippen LogP contribution < -0.4 is 5.32 Å². The Morgan fingerprint density at radius 1 is 1.47 bits per heavy atom. The maximum absolute atomic E-state index is 11.5. The van der Waals surface area contributed by atoms with Gasteiger partial charge in [0.05, 0.1) is 18.7 Å². The smallest absolute Gasteiger partial charge is 0.234 e. The van der Waals surface area contributed by atoms with Crippen LogP contribution in [0.4, 0.5) is 0 Å². The average molecular weight is 211 g/mol. The zero-order valence-corrected chi connectivity index (χ0v) is 10.1. The van der Waals surface area contributed by atoms with Gasteiger partial charge in [0.15, 0.2) is 0 Å². The van der Waals surface area contributed by atoms with Crippen LogP contribution in [-0.2, 0) is 4.79 Å². The summed E-state index contributed by atoms with van der Waals surface area (Å²) < 4.78 is 0. The molecule has 0 rings (SSSR count). The third kappa shape index (κ3) is 5.38. The molecule has 1 amide bonds. The van der Waals surface area contributed by atoms with Crippen molar-refractivity contribution in [1.29, 1.82) is 5.26 Å². The van der Waals surface area contributed by atoms with Gasteiger partial charge in [-0.3, -0.25) is 9.69 Å². The number of amides is 1. The fourth-order valence-corrected chi connectivity index (χ4v) is 1.43. The summed E-state index contributed by atoms with van der Waals surface area (Å²) in [4.78, 5) is 13.4. The van der Waals surface area contributed by atoms with E-state index in [2.05, 4.69) is 11.4 Å². The number of rotatable bonds is 6. The van der Waals surface area contributed by atoms with Crippen molar-refractivity contribution in [1.82, 2.24) is 10.2 Å². The molecule has 0 spiro atoms. The van der Waals surface area contributed by atoms with Crippen LogP contribution in [0.15, 0.2) is 0 Å². The molecule has 86 valence electrons. The van der Waals surface area contributed by atoms with E-state index in [9.17, 15) is 4.79 Å². The SMILES string of the molecule is CCC(C#N)N(CC)CC(=O)NC(C)C. The molecule has 15 heavy (non-hydrogen) atoms. The Morgan fingerprint density at radius 2 is 2.07 bits per heavy atom. The molecule has 0 saturated carbocycles. The highest BCUT2D eigenvalue weighted by Crippen LogP contribution is 2.02. The molecule has 0 heterocycles. The fourth-order valence-electron chi connectivity index (χ4n) is 1.43. The van der Waals surface area contributed by atoms with Crippen molar-refractivity contribution in [3.63, 3.8) is 0 Å². The Hall–Kier alpha value is -1.08. The van der Waals surface area contributed by atoms with Crippen molar-refractivity contribution in [2.24, 2.45) is 0 Å². The molecular formula is C11H21N3O. The maximum Gasteiger partial charge on any atom is 0.234 e. The number of carbonyl (C=O) groups excluding carboxylic acids is 1. The van der Waals surface area contributed by atoms with Gasteiger partial charge in [0.1, 0.15) is 0 Å². The molecule has 0 aliphatic carbocycles. The van der Waals surface area contributed by atoms with Crippen LogP contribution in [0.2, 0.25) is 0 Å². The van der Waals surface area contributed by atoms with Crippen LogP contribution in [0.25, 0.3) is 0 Å². The summed E-state index contributed by atoms with van der Waals surface area (Å²) in [7, 11) is 0. The van der Waals surface area contributed by atoms with Crippen molar-refractivity contribution in [2.45, 2.75) is 46.2 Å². The molecular weight excluding hydrogens is 190 g/mol. The minimum atomic E-state index is -0.159. The zero-order chi connectivity index (χ0) is 11.8. The lowest BCUT2D eigenvalue weighted by Crippen LogP contribution is -2.43. The Balaban J connectivity index is 4.21. The van der Waals surface area contributed by atoms with E-state index in [1.165, 1.54) is 0 Å². The lowest BCUT2D eigenvalue weighted by atomic mass is 10.2. The average Bonchev–Trinajstić information content (AvgIpc) is 2.16. The highest BCUT2D eigenvalue weighted by molar-refractivity contribution is 5.78. The molecule has 0 saturated heterocycles. The number of nitrogens with zero attached hydrogens (tertiary/aromatic N) is 2. The highest BCUT2D eigenvalue weighted by Gasteiger charge is 2.17. The number of hydrogen-bond donors (Lipinski definition) is 1. The zero-order valence-electron chi connectivity index (χ0n) is 10.1. The molecule has 4 nitrogen and oxygen atoms in total. The second-order valence-electron chi connectivity index (χ2n) is 3.84. The van der Waals surface area contributed by atoms with E-state index in [1.807, 2.05) is 32.6 Å². The second-order valence-corrected chi connectivity index (χ2v) is 3.84. The minimum absolute atomic E-state index is 0.0134. The Bertz CT molecular complexity index is 232. The molecule has 0 aliphatic heterocycles. The second kappa shape index (κ2) is 7.24. The Kier molecular flexibility index (Phi) is 6.72. The van der Waals surface area contributed by atoms with Gasteiger partial charge < -0.3 is 5.32 Å². The summed E-state index contributed by atoms with van der Waals surface area (Å²) in [5.74, 6) is -0.0134. The first-order chi connectivity index (χ1) is 7.04. The predicted octanol–water partition coefficient (Wildman–Crippen LogP) is 1.14. The van der Waals surface area contributed by atoms with Gasteiger partial charge in [0.2, 0.25) is 5.91 Å². The van der Waals surface area contributed by atoms with E-state index in [0.717, 1.165) is 13.0 Å². The minimum Gasteiger partial charge on any atom is -0.353 e. The van der Waals surface area contributed by atoms with Gasteiger partial charge in [0.25, 0.3) is 0 Å². The van der Waals surface area contributed by atoms with Crippen molar-refractivity contribution >= 4 is 5.91 Å². The van der Waals surface area contributed by atoms with Gasteiger partial charge >= 0.3 is 0 Å². The summed E-state index contributed by atoms with van der Waals surface area (Å²) >= 11 is 0. The molecule has 0 aromatic carbocycles. The quantitative estimate of drug-likeness (QED) is 0.716. The molecule has 1 unspecified atom stereocenters. The Labute approximate surface area is 92.3 Å². The van der Waals surface area contributed by atoms with E-state index in [1.54, 1.807) is 0 Å². The first-order valence-electron chi connectivity index (χ1n) is 5.48. The molecule has 0 bridgehead atoms. The molecule has 0 radical (unpaired) electrons. The number of likely N-dealkylation sites (N-methyl/N-ethyl adjacent to an activating group) is 1. The summed E-state index contributed by atoms with van der Waals surface area (Å²) in [6.07, 6.45) is 0.749. The first kappa shape index (κ1) is 13.9. The fraction of sp³-hybridized carbons (Fsp3) is 0.818. The van der Waals surface area contributed by atoms with Gasteiger partial charge in [0, 0.05) is 6.04 Å². The molecule has 4 heteroatoms. The lowest BCUT2D eigenvalue weighted by Gasteiger charge is -2.24. The molecule has 0 aromatic rings. The number of nitriles is 1.